The fourth-order valence-corrected chi connectivity index (χ4v) is 3.49. The predicted molar refractivity (Wildman–Crippen MR) is 99.5 cm³/mol. The van der Waals surface area contributed by atoms with E-state index in [2.05, 4.69) is 19.8 Å². The topological polar surface area (TPSA) is 106 Å². The van der Waals surface area contributed by atoms with Crippen LogP contribution in [0.2, 0.25) is 0 Å². The minimum atomic E-state index is -0.501. The zero-order valence-electron chi connectivity index (χ0n) is 13.4. The van der Waals surface area contributed by atoms with E-state index < -0.39 is 4.92 Å². The van der Waals surface area contributed by atoms with Crippen molar-refractivity contribution in [1.82, 2.24) is 9.55 Å². The van der Waals surface area contributed by atoms with E-state index in [1.165, 1.54) is 6.20 Å². The molecule has 2 aromatic heterocycles. The third-order valence-corrected chi connectivity index (χ3v) is 4.83. The Morgan fingerprint density at radius 2 is 1.96 bits per heavy atom. The molecule has 0 aliphatic heterocycles. The summed E-state index contributed by atoms with van der Waals surface area (Å²) >= 11 is 0.875. The summed E-state index contributed by atoms with van der Waals surface area (Å²) in [5.41, 5.74) is 2.67. The van der Waals surface area contributed by atoms with Gasteiger partial charge in [-0.1, -0.05) is 18.2 Å². The molecule has 0 aliphatic rings. The average Bonchev–Trinajstić information content (AvgIpc) is 3.24. The van der Waals surface area contributed by atoms with Crippen molar-refractivity contribution in [3.63, 3.8) is 0 Å². The van der Waals surface area contributed by atoms with Gasteiger partial charge in [-0.3, -0.25) is 10.1 Å². The van der Waals surface area contributed by atoms with Crippen molar-refractivity contribution >= 4 is 49.0 Å². The van der Waals surface area contributed by atoms with Crippen molar-refractivity contribution in [2.45, 2.75) is 6.54 Å². The van der Waals surface area contributed by atoms with Gasteiger partial charge < -0.3 is 9.67 Å². The van der Waals surface area contributed by atoms with Gasteiger partial charge in [-0.05, 0) is 35.6 Å². The molecule has 0 saturated carbocycles. The highest BCUT2D eigenvalue weighted by Gasteiger charge is 2.12. The summed E-state index contributed by atoms with van der Waals surface area (Å²) in [5, 5.41) is 30.4. The highest BCUT2D eigenvalue weighted by molar-refractivity contribution is 7.18. The number of hydrogen-bond donors (Lipinski definition) is 1. The summed E-state index contributed by atoms with van der Waals surface area (Å²) in [5.74, 6) is 0. The molecular formula is C17H13N5O3S. The SMILES string of the molecule is O=[N+]([O-])c1cnc(N=Nc2ccc3c(c2)c2ccccc2n3CCO)s1. The Morgan fingerprint density at radius 3 is 2.73 bits per heavy atom. The molecule has 0 spiro atoms. The largest absolute Gasteiger partial charge is 0.395 e. The molecule has 0 aliphatic carbocycles. The van der Waals surface area contributed by atoms with Crippen molar-refractivity contribution in [3.05, 3.63) is 58.8 Å². The van der Waals surface area contributed by atoms with Gasteiger partial charge in [-0.25, -0.2) is 4.98 Å². The molecule has 8 nitrogen and oxygen atoms in total. The van der Waals surface area contributed by atoms with Crippen LogP contribution in [-0.2, 0) is 6.54 Å². The van der Waals surface area contributed by atoms with Crippen LogP contribution in [0.15, 0.2) is 58.9 Å². The number of aromatic nitrogens is 2. The van der Waals surface area contributed by atoms with E-state index >= 15 is 0 Å². The van der Waals surface area contributed by atoms with Crippen molar-refractivity contribution in [3.8, 4) is 0 Å². The molecular weight excluding hydrogens is 354 g/mol. The first-order valence-electron chi connectivity index (χ1n) is 7.81. The maximum atomic E-state index is 10.7. The highest BCUT2D eigenvalue weighted by atomic mass is 32.1. The number of thiazole rings is 1. The van der Waals surface area contributed by atoms with Crippen LogP contribution in [0, 0.1) is 10.1 Å². The second-order valence-corrected chi connectivity index (χ2v) is 6.52. The number of hydrogen-bond acceptors (Lipinski definition) is 7. The first-order valence-corrected chi connectivity index (χ1v) is 8.63. The lowest BCUT2D eigenvalue weighted by molar-refractivity contribution is -0.380. The van der Waals surface area contributed by atoms with Gasteiger partial charge in [-0.2, -0.15) is 0 Å². The van der Waals surface area contributed by atoms with Crippen molar-refractivity contribution in [1.29, 1.82) is 0 Å². The van der Waals surface area contributed by atoms with E-state index in [1.54, 1.807) is 0 Å². The monoisotopic (exact) mass is 367 g/mol. The first-order chi connectivity index (χ1) is 12.7. The van der Waals surface area contributed by atoms with Gasteiger partial charge in [0.25, 0.3) is 0 Å². The lowest BCUT2D eigenvalue weighted by atomic mass is 10.1. The molecule has 0 amide bonds. The third-order valence-electron chi connectivity index (χ3n) is 3.99. The number of nitrogens with zero attached hydrogens (tertiary/aromatic N) is 5. The first kappa shape index (κ1) is 16.3. The fourth-order valence-electron chi connectivity index (χ4n) is 2.93. The van der Waals surface area contributed by atoms with E-state index in [4.69, 9.17) is 0 Å². The van der Waals surface area contributed by atoms with Crippen LogP contribution in [0.25, 0.3) is 21.8 Å². The van der Waals surface area contributed by atoms with Gasteiger partial charge in [0.05, 0.1) is 17.2 Å². The molecule has 130 valence electrons. The number of rotatable bonds is 5. The molecule has 0 radical (unpaired) electrons. The predicted octanol–water partition coefficient (Wildman–Crippen LogP) is 4.57. The number of azo groups is 1. The lowest BCUT2D eigenvalue weighted by Crippen LogP contribution is -2.00. The van der Waals surface area contributed by atoms with Gasteiger partial charge in [0.1, 0.15) is 6.20 Å². The standard InChI is InChI=1S/C17H13N5O3S/c23-8-7-21-14-4-2-1-3-12(14)13-9-11(5-6-15(13)21)19-20-17-18-10-16(26-17)22(24)25/h1-6,9-10,23H,7-8H2. The Bertz CT molecular complexity index is 1150. The summed E-state index contributed by atoms with van der Waals surface area (Å²) in [6.45, 7) is 0.561. The van der Waals surface area contributed by atoms with E-state index in [0.717, 1.165) is 33.1 Å². The quantitative estimate of drug-likeness (QED) is 0.317. The molecule has 2 heterocycles. The number of aliphatic hydroxyl groups excluding tert-OH is 1. The Balaban J connectivity index is 1.76. The molecule has 26 heavy (non-hydrogen) atoms. The average molecular weight is 367 g/mol. The second kappa shape index (κ2) is 6.62. The minimum absolute atomic E-state index is 0.0536. The third kappa shape index (κ3) is 2.83. The van der Waals surface area contributed by atoms with E-state index in [0.29, 0.717) is 12.2 Å². The van der Waals surface area contributed by atoms with Crippen LogP contribution in [0.4, 0.5) is 15.8 Å². The molecule has 0 saturated heterocycles. The molecule has 0 atom stereocenters. The molecule has 4 aromatic rings. The number of nitro groups is 1. The van der Waals surface area contributed by atoms with Gasteiger partial charge in [0.15, 0.2) is 0 Å². The molecule has 0 unspecified atom stereocenters. The number of benzene rings is 2. The van der Waals surface area contributed by atoms with Crippen LogP contribution in [0.3, 0.4) is 0 Å². The maximum absolute atomic E-state index is 10.7. The Labute approximate surface area is 151 Å². The van der Waals surface area contributed by atoms with E-state index in [9.17, 15) is 15.2 Å². The van der Waals surface area contributed by atoms with E-state index in [1.807, 2.05) is 42.5 Å². The van der Waals surface area contributed by atoms with Gasteiger partial charge in [0.2, 0.25) is 5.13 Å². The fraction of sp³-hybridized carbons (Fsp3) is 0.118. The Hall–Kier alpha value is -3.17. The minimum Gasteiger partial charge on any atom is -0.395 e. The highest BCUT2D eigenvalue weighted by Crippen LogP contribution is 2.33. The van der Waals surface area contributed by atoms with Crippen molar-refractivity contribution in [2.75, 3.05) is 6.61 Å². The van der Waals surface area contributed by atoms with Gasteiger partial charge >= 0.3 is 5.00 Å². The van der Waals surface area contributed by atoms with Crippen LogP contribution >= 0.6 is 11.3 Å². The van der Waals surface area contributed by atoms with Crippen LogP contribution in [-0.4, -0.2) is 26.2 Å². The van der Waals surface area contributed by atoms with Gasteiger partial charge in [0, 0.05) is 28.4 Å². The molecule has 9 heteroatoms. The normalized spacial score (nSPS) is 11.7. The summed E-state index contributed by atoms with van der Waals surface area (Å²) in [6.07, 6.45) is 1.17. The Kier molecular flexibility index (Phi) is 4.15. The maximum Gasteiger partial charge on any atom is 0.345 e. The number of aliphatic hydroxyl groups is 1. The zero-order valence-corrected chi connectivity index (χ0v) is 14.3. The molecule has 0 bridgehead atoms. The summed E-state index contributed by atoms with van der Waals surface area (Å²) in [7, 11) is 0. The lowest BCUT2D eigenvalue weighted by Gasteiger charge is -2.04. The van der Waals surface area contributed by atoms with Gasteiger partial charge in [-0.15, -0.1) is 10.2 Å². The molecule has 2 aromatic carbocycles. The molecule has 4 rings (SSSR count). The van der Waals surface area contributed by atoms with Crippen molar-refractivity contribution in [2.24, 2.45) is 10.2 Å². The molecule has 1 N–H and O–H groups in total. The molecule has 0 fully saturated rings. The van der Waals surface area contributed by atoms with E-state index in [-0.39, 0.29) is 16.7 Å². The van der Waals surface area contributed by atoms with Crippen LogP contribution in [0.1, 0.15) is 0 Å². The smallest absolute Gasteiger partial charge is 0.345 e. The van der Waals surface area contributed by atoms with Crippen LogP contribution in [0.5, 0.6) is 0 Å². The Morgan fingerprint density at radius 1 is 1.15 bits per heavy atom. The van der Waals surface area contributed by atoms with Crippen molar-refractivity contribution < 1.29 is 10.0 Å². The van der Waals surface area contributed by atoms with Crippen LogP contribution < -0.4 is 0 Å². The zero-order chi connectivity index (χ0) is 18.1. The second-order valence-electron chi connectivity index (χ2n) is 5.53. The summed E-state index contributed by atoms with van der Waals surface area (Å²) in [4.78, 5) is 14.1. The number of para-hydroxylation sites is 1. The summed E-state index contributed by atoms with van der Waals surface area (Å²) in [6, 6.07) is 13.6. The summed E-state index contributed by atoms with van der Waals surface area (Å²) < 4.78 is 2.07. The number of fused-ring (bicyclic) bond motifs is 3.